The molecule has 2 aromatic carbocycles. The van der Waals surface area contributed by atoms with E-state index < -0.39 is 10.8 Å². The van der Waals surface area contributed by atoms with Gasteiger partial charge in [-0.2, -0.15) is 0 Å². The van der Waals surface area contributed by atoms with Crippen LogP contribution in [0.4, 0.5) is 0 Å². The highest BCUT2D eigenvalue weighted by Gasteiger charge is 2.42. The topological polar surface area (TPSA) is 86.4 Å². The Morgan fingerprint density at radius 1 is 1.14 bits per heavy atom. The third-order valence-corrected chi connectivity index (χ3v) is 5.12. The van der Waals surface area contributed by atoms with Crippen LogP contribution in [0.2, 0.25) is 0 Å². The normalized spacial score (nSPS) is 15.9. The van der Waals surface area contributed by atoms with Crippen LogP contribution in [-0.4, -0.2) is 16.5 Å². The van der Waals surface area contributed by atoms with Crippen molar-refractivity contribution in [2.45, 2.75) is 12.8 Å². The van der Waals surface area contributed by atoms with Crippen molar-refractivity contribution in [1.29, 1.82) is 0 Å². The van der Waals surface area contributed by atoms with Gasteiger partial charge in [-0.3, -0.25) is 14.9 Å². The van der Waals surface area contributed by atoms with Gasteiger partial charge in [0.2, 0.25) is 0 Å². The molecule has 0 saturated heterocycles. The molecule has 1 aromatic heterocycles. The SMILES string of the molecule is CNC1=C([N+](=O)[O-])C(c2ccc(C)cc2)c2c(c3ccccc3n(C)c2=O)O1. The number of nitrogens with zero attached hydrogens (tertiary/aromatic N) is 2. The van der Waals surface area contributed by atoms with Crippen LogP contribution in [0.15, 0.2) is 64.9 Å². The van der Waals surface area contributed by atoms with Crippen LogP contribution in [-0.2, 0) is 7.05 Å². The van der Waals surface area contributed by atoms with E-state index in [1.165, 1.54) is 4.57 Å². The Morgan fingerprint density at radius 2 is 1.82 bits per heavy atom. The van der Waals surface area contributed by atoms with Crippen molar-refractivity contribution in [3.63, 3.8) is 0 Å². The number of allylic oxidation sites excluding steroid dienone is 1. The maximum Gasteiger partial charge on any atom is 0.317 e. The minimum atomic E-state index is -0.842. The number of nitrogens with one attached hydrogen (secondary N) is 1. The number of benzene rings is 2. The summed E-state index contributed by atoms with van der Waals surface area (Å²) in [6.07, 6.45) is 0. The lowest BCUT2D eigenvalue weighted by atomic mass is 9.86. The number of aryl methyl sites for hydroxylation is 2. The van der Waals surface area contributed by atoms with Gasteiger partial charge in [-0.1, -0.05) is 42.0 Å². The van der Waals surface area contributed by atoms with E-state index in [4.69, 9.17) is 4.74 Å². The van der Waals surface area contributed by atoms with Crippen molar-refractivity contribution >= 4 is 10.9 Å². The van der Waals surface area contributed by atoms with Gasteiger partial charge in [0.1, 0.15) is 11.7 Å². The van der Waals surface area contributed by atoms with Crippen LogP contribution in [0.25, 0.3) is 10.9 Å². The van der Waals surface area contributed by atoms with Crippen molar-refractivity contribution in [2.75, 3.05) is 7.05 Å². The zero-order valence-electron chi connectivity index (χ0n) is 15.7. The summed E-state index contributed by atoms with van der Waals surface area (Å²) in [6, 6.07) is 14.8. The molecule has 28 heavy (non-hydrogen) atoms. The van der Waals surface area contributed by atoms with Crippen LogP contribution in [0, 0.1) is 17.0 Å². The largest absolute Gasteiger partial charge is 0.434 e. The number of pyridine rings is 1. The molecule has 4 rings (SSSR count). The second-order valence-corrected chi connectivity index (χ2v) is 6.79. The Morgan fingerprint density at radius 3 is 2.46 bits per heavy atom. The van der Waals surface area contributed by atoms with Crippen molar-refractivity contribution in [1.82, 2.24) is 9.88 Å². The molecule has 2 heterocycles. The standard InChI is InChI=1S/C21H19N3O4/c1-12-8-10-13(11-9-12)16-17-19(28-20(22-2)18(16)24(26)27)14-6-4-5-7-15(14)23(3)21(17)25/h4-11,16,22H,1-3H3. The van der Waals surface area contributed by atoms with E-state index in [2.05, 4.69) is 5.32 Å². The Kier molecular flexibility index (Phi) is 4.15. The molecule has 0 radical (unpaired) electrons. The monoisotopic (exact) mass is 377 g/mol. The number of rotatable bonds is 3. The van der Waals surface area contributed by atoms with Gasteiger partial charge in [-0.15, -0.1) is 0 Å². The molecule has 7 heteroatoms. The van der Waals surface area contributed by atoms with Crippen molar-refractivity contribution in [2.24, 2.45) is 7.05 Å². The first-order valence-electron chi connectivity index (χ1n) is 8.86. The number of hydrogen-bond acceptors (Lipinski definition) is 5. The lowest BCUT2D eigenvalue weighted by Gasteiger charge is -2.27. The second-order valence-electron chi connectivity index (χ2n) is 6.79. The summed E-state index contributed by atoms with van der Waals surface area (Å²) in [5.41, 5.74) is 2.19. The summed E-state index contributed by atoms with van der Waals surface area (Å²) in [4.78, 5) is 24.7. The molecule has 1 aliphatic heterocycles. The molecule has 0 bridgehead atoms. The fourth-order valence-electron chi connectivity index (χ4n) is 3.73. The van der Waals surface area contributed by atoms with Crippen LogP contribution >= 0.6 is 0 Å². The van der Waals surface area contributed by atoms with Gasteiger partial charge in [-0.05, 0) is 24.6 Å². The molecule has 1 aliphatic rings. The van der Waals surface area contributed by atoms with Crippen LogP contribution < -0.4 is 15.6 Å². The van der Waals surface area contributed by atoms with Crippen molar-refractivity contribution in [3.05, 3.63) is 97.3 Å². The van der Waals surface area contributed by atoms with Gasteiger partial charge < -0.3 is 14.6 Å². The number of nitro groups is 1. The number of para-hydroxylation sites is 1. The lowest BCUT2D eigenvalue weighted by Crippen LogP contribution is -2.34. The van der Waals surface area contributed by atoms with Crippen molar-refractivity contribution in [3.8, 4) is 5.75 Å². The molecule has 0 amide bonds. The van der Waals surface area contributed by atoms with Crippen LogP contribution in [0.5, 0.6) is 5.75 Å². The molecule has 0 fully saturated rings. The molecule has 1 unspecified atom stereocenters. The first kappa shape index (κ1) is 17.8. The second kappa shape index (κ2) is 6.53. The molecular weight excluding hydrogens is 358 g/mol. The minimum Gasteiger partial charge on any atom is -0.434 e. The van der Waals surface area contributed by atoms with E-state index in [1.807, 2.05) is 55.5 Å². The fraction of sp³-hybridized carbons (Fsp3) is 0.190. The summed E-state index contributed by atoms with van der Waals surface area (Å²) >= 11 is 0. The van der Waals surface area contributed by atoms with Gasteiger partial charge in [0.15, 0.2) is 0 Å². The molecule has 3 aromatic rings. The van der Waals surface area contributed by atoms with E-state index in [1.54, 1.807) is 14.1 Å². The van der Waals surface area contributed by atoms with Crippen LogP contribution in [0.3, 0.4) is 0 Å². The van der Waals surface area contributed by atoms with E-state index in [0.29, 0.717) is 16.8 Å². The first-order valence-corrected chi connectivity index (χ1v) is 8.86. The van der Waals surface area contributed by atoms with Gasteiger partial charge in [0.25, 0.3) is 11.4 Å². The maximum atomic E-state index is 13.3. The smallest absolute Gasteiger partial charge is 0.317 e. The quantitative estimate of drug-likeness (QED) is 0.560. The summed E-state index contributed by atoms with van der Waals surface area (Å²) in [6.45, 7) is 1.94. The zero-order chi connectivity index (χ0) is 20.0. The Balaban J connectivity index is 2.14. The number of ether oxygens (including phenoxy) is 1. The minimum absolute atomic E-state index is 0.0430. The molecule has 1 N–H and O–H groups in total. The fourth-order valence-corrected chi connectivity index (χ4v) is 3.73. The Bertz CT molecular complexity index is 1190. The van der Waals surface area contributed by atoms with E-state index in [9.17, 15) is 14.9 Å². The molecule has 7 nitrogen and oxygen atoms in total. The predicted molar refractivity (Wildman–Crippen MR) is 106 cm³/mol. The molecule has 0 saturated carbocycles. The van der Waals surface area contributed by atoms with Gasteiger partial charge in [0, 0.05) is 19.5 Å². The van der Waals surface area contributed by atoms with E-state index in [0.717, 1.165) is 10.9 Å². The first-order chi connectivity index (χ1) is 13.4. The lowest BCUT2D eigenvalue weighted by molar-refractivity contribution is -0.432. The Hall–Kier alpha value is -3.61. The average Bonchev–Trinajstić information content (AvgIpc) is 2.71. The molecule has 142 valence electrons. The average molecular weight is 377 g/mol. The summed E-state index contributed by atoms with van der Waals surface area (Å²) < 4.78 is 7.41. The number of hydrogen-bond donors (Lipinski definition) is 1. The highest BCUT2D eigenvalue weighted by molar-refractivity contribution is 5.87. The Labute approximate surface area is 161 Å². The predicted octanol–water partition coefficient (Wildman–Crippen LogP) is 3.04. The molecule has 1 atom stereocenters. The highest BCUT2D eigenvalue weighted by atomic mass is 16.6. The van der Waals surface area contributed by atoms with Crippen LogP contribution in [0.1, 0.15) is 22.6 Å². The van der Waals surface area contributed by atoms with Gasteiger partial charge in [0.05, 0.1) is 16.0 Å². The molecule has 0 aliphatic carbocycles. The van der Waals surface area contributed by atoms with Gasteiger partial charge >= 0.3 is 5.70 Å². The van der Waals surface area contributed by atoms with E-state index >= 15 is 0 Å². The maximum absolute atomic E-state index is 13.3. The molecular formula is C21H19N3O4. The zero-order valence-corrected chi connectivity index (χ0v) is 15.7. The summed E-state index contributed by atoms with van der Waals surface area (Å²) in [7, 11) is 3.24. The summed E-state index contributed by atoms with van der Waals surface area (Å²) in [5.74, 6) is -0.439. The van der Waals surface area contributed by atoms with Gasteiger partial charge in [-0.25, -0.2) is 0 Å². The molecule has 0 spiro atoms. The van der Waals surface area contributed by atoms with E-state index in [-0.39, 0.29) is 22.7 Å². The third-order valence-electron chi connectivity index (χ3n) is 5.12. The highest BCUT2D eigenvalue weighted by Crippen LogP contribution is 2.44. The van der Waals surface area contributed by atoms with Crippen molar-refractivity contribution < 1.29 is 9.66 Å². The summed E-state index contributed by atoms with van der Waals surface area (Å²) in [5, 5.41) is 15.5. The third kappa shape index (κ3) is 2.55. The number of aromatic nitrogens is 1. The number of fused-ring (bicyclic) bond motifs is 3.